The van der Waals surface area contributed by atoms with E-state index >= 15 is 0 Å². The highest BCUT2D eigenvalue weighted by molar-refractivity contribution is 4.92. The van der Waals surface area contributed by atoms with Gasteiger partial charge in [0, 0.05) is 6.04 Å². The highest BCUT2D eigenvalue weighted by Gasteiger charge is 2.40. The molecule has 72 valence electrons. The maximum Gasteiger partial charge on any atom is 0.0992 e. The van der Waals surface area contributed by atoms with Crippen LogP contribution in [0.4, 0.5) is 0 Å². The molecule has 3 unspecified atom stereocenters. The third-order valence-electron chi connectivity index (χ3n) is 2.52. The minimum Gasteiger partial charge on any atom is -0.393 e. The number of likely N-dealkylation sites (N-methyl/N-ethyl adjacent to an activating group) is 1. The van der Waals surface area contributed by atoms with Crippen LogP contribution in [0.3, 0.4) is 0 Å². The first-order valence-corrected chi connectivity index (χ1v) is 4.69. The summed E-state index contributed by atoms with van der Waals surface area (Å²) in [5.74, 6) is 0. The first kappa shape index (κ1) is 9.96. The maximum atomic E-state index is 9.43. The molecule has 1 heterocycles. The molecule has 12 heavy (non-hydrogen) atoms. The second kappa shape index (κ2) is 4.21. The van der Waals surface area contributed by atoms with Crippen LogP contribution >= 0.6 is 0 Å². The SMILES string of the molecule is CCC(O)CC(NC)C1O[C@H]1C. The molecule has 1 aliphatic heterocycles. The number of hydrogen-bond donors (Lipinski definition) is 2. The Balaban J connectivity index is 2.26. The number of epoxide rings is 1. The summed E-state index contributed by atoms with van der Waals surface area (Å²) in [6.07, 6.45) is 2.10. The van der Waals surface area contributed by atoms with Crippen molar-refractivity contribution in [2.24, 2.45) is 0 Å². The highest BCUT2D eigenvalue weighted by atomic mass is 16.6. The predicted octanol–water partition coefficient (Wildman–Crippen LogP) is 0.523. The molecule has 1 rings (SSSR count). The second-order valence-electron chi connectivity index (χ2n) is 3.50. The van der Waals surface area contributed by atoms with E-state index in [1.165, 1.54) is 0 Å². The topological polar surface area (TPSA) is 44.8 Å². The van der Waals surface area contributed by atoms with Crippen molar-refractivity contribution in [3.05, 3.63) is 0 Å². The van der Waals surface area contributed by atoms with Crippen molar-refractivity contribution in [1.29, 1.82) is 0 Å². The highest BCUT2D eigenvalue weighted by Crippen LogP contribution is 2.26. The van der Waals surface area contributed by atoms with Crippen LogP contribution in [0, 0.1) is 0 Å². The summed E-state index contributed by atoms with van der Waals surface area (Å²) in [7, 11) is 1.92. The molecule has 0 aliphatic carbocycles. The molecule has 0 aromatic rings. The lowest BCUT2D eigenvalue weighted by molar-refractivity contribution is 0.139. The maximum absolute atomic E-state index is 9.43. The smallest absolute Gasteiger partial charge is 0.0992 e. The quantitative estimate of drug-likeness (QED) is 0.596. The van der Waals surface area contributed by atoms with E-state index in [1.807, 2.05) is 14.0 Å². The Labute approximate surface area is 74.1 Å². The summed E-state index contributed by atoms with van der Waals surface area (Å²) < 4.78 is 5.34. The van der Waals surface area contributed by atoms with E-state index in [4.69, 9.17) is 4.74 Å². The van der Waals surface area contributed by atoms with E-state index in [0.29, 0.717) is 18.2 Å². The summed E-state index contributed by atoms with van der Waals surface area (Å²) >= 11 is 0. The van der Waals surface area contributed by atoms with Gasteiger partial charge in [-0.2, -0.15) is 0 Å². The van der Waals surface area contributed by atoms with Gasteiger partial charge in [0.15, 0.2) is 0 Å². The van der Waals surface area contributed by atoms with Crippen molar-refractivity contribution in [2.75, 3.05) is 7.05 Å². The lowest BCUT2D eigenvalue weighted by atomic mass is 10.0. The van der Waals surface area contributed by atoms with Crippen molar-refractivity contribution in [2.45, 2.75) is 51.0 Å². The van der Waals surface area contributed by atoms with Gasteiger partial charge in [-0.25, -0.2) is 0 Å². The van der Waals surface area contributed by atoms with Crippen LogP contribution in [-0.4, -0.2) is 36.5 Å². The van der Waals surface area contributed by atoms with Gasteiger partial charge in [0.25, 0.3) is 0 Å². The molecule has 0 bridgehead atoms. The van der Waals surface area contributed by atoms with Crippen LogP contribution in [0.5, 0.6) is 0 Å². The van der Waals surface area contributed by atoms with Crippen molar-refractivity contribution in [1.82, 2.24) is 5.32 Å². The molecule has 2 N–H and O–H groups in total. The third-order valence-corrected chi connectivity index (χ3v) is 2.52. The Bertz CT molecular complexity index is 140. The predicted molar refractivity (Wildman–Crippen MR) is 48.1 cm³/mol. The number of nitrogens with one attached hydrogen (secondary N) is 1. The molecule has 0 saturated carbocycles. The molecule has 0 aromatic carbocycles. The number of rotatable bonds is 5. The van der Waals surface area contributed by atoms with Crippen LogP contribution < -0.4 is 5.32 Å². The first-order valence-electron chi connectivity index (χ1n) is 4.69. The van der Waals surface area contributed by atoms with Crippen LogP contribution in [0.2, 0.25) is 0 Å². The average Bonchev–Trinajstić information content (AvgIpc) is 2.77. The number of aliphatic hydroxyl groups is 1. The van der Waals surface area contributed by atoms with Crippen LogP contribution in [0.15, 0.2) is 0 Å². The molecule has 0 radical (unpaired) electrons. The Morgan fingerprint density at radius 3 is 2.50 bits per heavy atom. The Kier molecular flexibility index (Phi) is 3.50. The van der Waals surface area contributed by atoms with E-state index < -0.39 is 0 Å². The van der Waals surface area contributed by atoms with Crippen LogP contribution in [0.25, 0.3) is 0 Å². The van der Waals surface area contributed by atoms with E-state index in [9.17, 15) is 5.11 Å². The van der Waals surface area contributed by atoms with Crippen molar-refractivity contribution < 1.29 is 9.84 Å². The molecule has 3 nitrogen and oxygen atoms in total. The third kappa shape index (κ3) is 2.44. The molecular weight excluding hydrogens is 154 g/mol. The van der Waals surface area contributed by atoms with E-state index in [2.05, 4.69) is 12.2 Å². The number of aliphatic hydroxyl groups excluding tert-OH is 1. The molecule has 1 saturated heterocycles. The molecule has 3 heteroatoms. The Hall–Kier alpha value is -0.120. The number of ether oxygens (including phenoxy) is 1. The summed E-state index contributed by atoms with van der Waals surface area (Å²) in [4.78, 5) is 0. The molecule has 0 aromatic heterocycles. The molecule has 4 atom stereocenters. The van der Waals surface area contributed by atoms with Crippen LogP contribution in [0.1, 0.15) is 26.7 Å². The van der Waals surface area contributed by atoms with Crippen LogP contribution in [-0.2, 0) is 4.74 Å². The zero-order valence-corrected chi connectivity index (χ0v) is 8.08. The standard InChI is InChI=1S/C9H19NO2/c1-4-7(11)5-8(10-3)9-6(2)12-9/h6-11H,4-5H2,1-3H3/t6-,7?,8?,9?/m0/s1. The first-order chi connectivity index (χ1) is 5.69. The molecule has 1 aliphatic rings. The van der Waals surface area contributed by atoms with Gasteiger partial charge in [-0.3, -0.25) is 0 Å². The van der Waals surface area contributed by atoms with Gasteiger partial charge in [0.1, 0.15) is 0 Å². The zero-order valence-electron chi connectivity index (χ0n) is 8.08. The summed E-state index contributed by atoms with van der Waals surface area (Å²) in [6, 6.07) is 0.315. The van der Waals surface area contributed by atoms with Gasteiger partial charge in [0.2, 0.25) is 0 Å². The average molecular weight is 173 g/mol. The molecule has 1 fully saturated rings. The van der Waals surface area contributed by atoms with Gasteiger partial charge < -0.3 is 15.2 Å². The fraction of sp³-hybridized carbons (Fsp3) is 1.00. The lowest BCUT2D eigenvalue weighted by Gasteiger charge is -2.16. The normalized spacial score (nSPS) is 33.0. The number of hydrogen-bond acceptors (Lipinski definition) is 3. The molecular formula is C9H19NO2. The van der Waals surface area contributed by atoms with Crippen molar-refractivity contribution in [3.8, 4) is 0 Å². The largest absolute Gasteiger partial charge is 0.393 e. The summed E-state index contributed by atoms with van der Waals surface area (Å²) in [5, 5.41) is 12.6. The zero-order chi connectivity index (χ0) is 9.14. The second-order valence-corrected chi connectivity index (χ2v) is 3.50. The minimum atomic E-state index is -0.196. The molecule has 0 spiro atoms. The van der Waals surface area contributed by atoms with Crippen molar-refractivity contribution >= 4 is 0 Å². The lowest BCUT2D eigenvalue weighted by Crippen LogP contribution is -2.35. The van der Waals surface area contributed by atoms with Gasteiger partial charge >= 0.3 is 0 Å². The fourth-order valence-corrected chi connectivity index (χ4v) is 1.50. The van der Waals surface area contributed by atoms with E-state index in [-0.39, 0.29) is 6.10 Å². The van der Waals surface area contributed by atoms with E-state index in [0.717, 1.165) is 12.8 Å². The monoisotopic (exact) mass is 173 g/mol. The van der Waals surface area contributed by atoms with Gasteiger partial charge in [-0.05, 0) is 26.8 Å². The van der Waals surface area contributed by atoms with Gasteiger partial charge in [-0.1, -0.05) is 6.92 Å². The van der Waals surface area contributed by atoms with Gasteiger partial charge in [-0.15, -0.1) is 0 Å². The minimum absolute atomic E-state index is 0.196. The van der Waals surface area contributed by atoms with Crippen molar-refractivity contribution in [3.63, 3.8) is 0 Å². The van der Waals surface area contributed by atoms with E-state index in [1.54, 1.807) is 0 Å². The Morgan fingerprint density at radius 1 is 1.58 bits per heavy atom. The van der Waals surface area contributed by atoms with Gasteiger partial charge in [0.05, 0.1) is 18.3 Å². The Morgan fingerprint density at radius 2 is 2.17 bits per heavy atom. The summed E-state index contributed by atoms with van der Waals surface area (Å²) in [5.41, 5.74) is 0. The molecule has 0 amide bonds. The fourth-order valence-electron chi connectivity index (χ4n) is 1.50. The summed E-state index contributed by atoms with van der Waals surface area (Å²) in [6.45, 7) is 4.06.